The van der Waals surface area contributed by atoms with Crippen LogP contribution in [0.4, 0.5) is 0 Å². The van der Waals surface area contributed by atoms with Crippen LogP contribution >= 0.6 is 0 Å². The normalized spacial score (nSPS) is 14.5. The van der Waals surface area contributed by atoms with Crippen molar-refractivity contribution in [2.45, 2.75) is 38.4 Å². The highest BCUT2D eigenvalue weighted by atomic mass is 16.6. The Morgan fingerprint density at radius 2 is 2.00 bits per heavy atom. The molecule has 2 aromatic carbocycles. The van der Waals surface area contributed by atoms with Crippen LogP contribution in [0.25, 0.3) is 0 Å². The van der Waals surface area contributed by atoms with E-state index in [4.69, 9.17) is 14.3 Å². The molecular weight excluding hydrogens is 342 g/mol. The van der Waals surface area contributed by atoms with Gasteiger partial charge in [0.15, 0.2) is 0 Å². The molecule has 1 N–H and O–H groups in total. The Kier molecular flexibility index (Phi) is 7.25. The first-order valence-corrected chi connectivity index (χ1v) is 9.42. The maximum atomic E-state index is 9.50. The molecule has 27 heavy (non-hydrogen) atoms. The summed E-state index contributed by atoms with van der Waals surface area (Å²) in [6, 6.07) is 16.1. The fourth-order valence-corrected chi connectivity index (χ4v) is 3.19. The summed E-state index contributed by atoms with van der Waals surface area (Å²) in [5, 5.41) is 13.6. The minimum Gasteiger partial charge on any atom is -0.494 e. The van der Waals surface area contributed by atoms with Gasteiger partial charge in [-0.05, 0) is 48.6 Å². The summed E-state index contributed by atoms with van der Waals surface area (Å²) >= 11 is 0. The van der Waals surface area contributed by atoms with Gasteiger partial charge in [-0.25, -0.2) is 0 Å². The number of ether oxygens (including phenoxy) is 2. The van der Waals surface area contributed by atoms with Crippen LogP contribution in [0.2, 0.25) is 0 Å². The van der Waals surface area contributed by atoms with Gasteiger partial charge in [-0.2, -0.15) is 0 Å². The van der Waals surface area contributed by atoms with Gasteiger partial charge in [-0.3, -0.25) is 0 Å². The molecule has 144 valence electrons. The Labute approximate surface area is 160 Å². The van der Waals surface area contributed by atoms with Crippen LogP contribution < -0.4 is 4.74 Å². The number of rotatable bonds is 10. The van der Waals surface area contributed by atoms with E-state index in [1.54, 1.807) is 7.11 Å². The number of methoxy groups -OCH3 is 1. The highest BCUT2D eigenvalue weighted by Crippen LogP contribution is 2.21. The maximum absolute atomic E-state index is 9.50. The van der Waals surface area contributed by atoms with Crippen LogP contribution in [0, 0.1) is 0 Å². The maximum Gasteiger partial charge on any atom is 0.122 e. The van der Waals surface area contributed by atoms with Crippen LogP contribution in [0.3, 0.4) is 0 Å². The van der Waals surface area contributed by atoms with Crippen LogP contribution in [0.5, 0.6) is 5.75 Å². The first-order valence-electron chi connectivity index (χ1n) is 9.42. The Morgan fingerprint density at radius 1 is 1.15 bits per heavy atom. The quantitative estimate of drug-likeness (QED) is 0.649. The Morgan fingerprint density at radius 3 is 2.70 bits per heavy atom. The molecule has 0 amide bonds. The van der Waals surface area contributed by atoms with Gasteiger partial charge in [-0.1, -0.05) is 35.5 Å². The predicted octanol–water partition coefficient (Wildman–Crippen LogP) is 3.72. The van der Waals surface area contributed by atoms with E-state index in [0.717, 1.165) is 48.3 Å². The molecule has 2 aromatic rings. The van der Waals surface area contributed by atoms with Crippen LogP contribution in [-0.2, 0) is 22.6 Å². The van der Waals surface area contributed by atoms with E-state index in [1.807, 2.05) is 24.3 Å². The SMILES string of the molecule is COC(CCCOc1cc(CO)cc(C2=NOCC2)c1)Cc1ccccc1. The second-order valence-electron chi connectivity index (χ2n) is 6.68. The number of hydrogen-bond acceptors (Lipinski definition) is 5. The van der Waals surface area contributed by atoms with E-state index < -0.39 is 0 Å². The lowest BCUT2D eigenvalue weighted by atomic mass is 10.0. The average Bonchev–Trinajstić information content (AvgIpc) is 3.25. The third-order valence-electron chi connectivity index (χ3n) is 4.67. The predicted molar refractivity (Wildman–Crippen MR) is 105 cm³/mol. The minimum absolute atomic E-state index is 0.0266. The molecule has 5 nitrogen and oxygen atoms in total. The fraction of sp³-hybridized carbons (Fsp3) is 0.409. The van der Waals surface area contributed by atoms with Gasteiger partial charge in [0.25, 0.3) is 0 Å². The summed E-state index contributed by atoms with van der Waals surface area (Å²) < 4.78 is 11.5. The van der Waals surface area contributed by atoms with Crippen molar-refractivity contribution in [2.24, 2.45) is 5.16 Å². The molecule has 0 saturated carbocycles. The highest BCUT2D eigenvalue weighted by molar-refractivity contribution is 6.01. The minimum atomic E-state index is -0.0266. The van der Waals surface area contributed by atoms with Crippen molar-refractivity contribution >= 4 is 5.71 Å². The molecule has 0 bridgehead atoms. The molecule has 1 unspecified atom stereocenters. The van der Waals surface area contributed by atoms with Crippen molar-refractivity contribution < 1.29 is 19.4 Å². The van der Waals surface area contributed by atoms with Crippen molar-refractivity contribution in [2.75, 3.05) is 20.3 Å². The van der Waals surface area contributed by atoms with Crippen LogP contribution in [0.1, 0.15) is 36.0 Å². The summed E-state index contributed by atoms with van der Waals surface area (Å²) in [6.07, 6.45) is 3.69. The zero-order chi connectivity index (χ0) is 18.9. The average molecular weight is 369 g/mol. The molecule has 0 aliphatic carbocycles. The molecule has 1 aliphatic heterocycles. The van der Waals surface area contributed by atoms with E-state index in [1.165, 1.54) is 5.56 Å². The van der Waals surface area contributed by atoms with Crippen molar-refractivity contribution in [3.8, 4) is 5.75 Å². The molecule has 1 aliphatic rings. The number of benzene rings is 2. The van der Waals surface area contributed by atoms with E-state index in [-0.39, 0.29) is 12.7 Å². The van der Waals surface area contributed by atoms with Crippen LogP contribution in [-0.4, -0.2) is 37.2 Å². The Hall–Kier alpha value is -2.37. The number of aliphatic hydroxyl groups excluding tert-OH is 1. The third kappa shape index (κ3) is 5.81. The van der Waals surface area contributed by atoms with Gasteiger partial charge in [0, 0.05) is 19.1 Å². The monoisotopic (exact) mass is 369 g/mol. The summed E-state index contributed by atoms with van der Waals surface area (Å²) in [6.45, 7) is 1.18. The van der Waals surface area contributed by atoms with Crippen molar-refractivity contribution in [1.29, 1.82) is 0 Å². The van der Waals surface area contributed by atoms with E-state index >= 15 is 0 Å². The Bertz CT molecular complexity index is 745. The zero-order valence-corrected chi connectivity index (χ0v) is 15.8. The Balaban J connectivity index is 1.51. The first kappa shape index (κ1) is 19.4. The van der Waals surface area contributed by atoms with Gasteiger partial charge in [0.2, 0.25) is 0 Å². The summed E-state index contributed by atoms with van der Waals surface area (Å²) in [5.74, 6) is 0.753. The first-order chi connectivity index (χ1) is 13.3. The smallest absolute Gasteiger partial charge is 0.122 e. The number of hydrogen-bond donors (Lipinski definition) is 1. The third-order valence-corrected chi connectivity index (χ3v) is 4.67. The van der Waals surface area contributed by atoms with Gasteiger partial charge >= 0.3 is 0 Å². The van der Waals surface area contributed by atoms with Crippen LogP contribution in [0.15, 0.2) is 53.7 Å². The fourth-order valence-electron chi connectivity index (χ4n) is 3.19. The highest BCUT2D eigenvalue weighted by Gasteiger charge is 2.13. The topological polar surface area (TPSA) is 60.3 Å². The van der Waals surface area contributed by atoms with E-state index in [2.05, 4.69) is 29.4 Å². The molecule has 1 heterocycles. The van der Waals surface area contributed by atoms with E-state index in [9.17, 15) is 5.11 Å². The van der Waals surface area contributed by atoms with Gasteiger partial charge < -0.3 is 19.4 Å². The lowest BCUT2D eigenvalue weighted by molar-refractivity contribution is 0.0894. The zero-order valence-electron chi connectivity index (χ0n) is 15.8. The standard InChI is InChI=1S/C22H27NO4/c1-25-20(13-17-6-3-2-4-7-17)8-5-10-26-21-14-18(16-24)12-19(15-21)22-9-11-27-23-22/h2-4,6-7,12,14-15,20,24H,5,8-11,13,16H2,1H3. The number of nitrogens with zero attached hydrogens (tertiary/aromatic N) is 1. The molecule has 3 rings (SSSR count). The summed E-state index contributed by atoms with van der Waals surface area (Å²) in [5.41, 5.74) is 3.95. The summed E-state index contributed by atoms with van der Waals surface area (Å²) in [4.78, 5) is 5.08. The van der Waals surface area contributed by atoms with Gasteiger partial charge in [0.05, 0.1) is 25.0 Å². The van der Waals surface area contributed by atoms with E-state index in [0.29, 0.717) is 13.2 Å². The lowest BCUT2D eigenvalue weighted by Gasteiger charge is -2.16. The molecular formula is C22H27NO4. The van der Waals surface area contributed by atoms with Crippen molar-refractivity contribution in [3.05, 3.63) is 65.2 Å². The largest absolute Gasteiger partial charge is 0.494 e. The van der Waals surface area contributed by atoms with Crippen molar-refractivity contribution in [3.63, 3.8) is 0 Å². The van der Waals surface area contributed by atoms with Gasteiger partial charge in [0.1, 0.15) is 12.4 Å². The molecule has 0 fully saturated rings. The number of aliphatic hydroxyl groups is 1. The second kappa shape index (κ2) is 10.1. The molecule has 0 spiro atoms. The molecule has 0 radical (unpaired) electrons. The molecule has 1 atom stereocenters. The molecule has 0 aromatic heterocycles. The second-order valence-corrected chi connectivity index (χ2v) is 6.68. The summed E-state index contributed by atoms with van der Waals surface area (Å²) in [7, 11) is 1.76. The van der Waals surface area contributed by atoms with Crippen molar-refractivity contribution in [1.82, 2.24) is 0 Å². The number of oxime groups is 1. The molecule has 5 heteroatoms. The molecule has 0 saturated heterocycles. The van der Waals surface area contributed by atoms with Gasteiger partial charge in [-0.15, -0.1) is 0 Å². The lowest BCUT2D eigenvalue weighted by Crippen LogP contribution is -2.15.